The first-order chi connectivity index (χ1) is 17.8. The normalized spacial score (nSPS) is 20.3. The van der Waals surface area contributed by atoms with E-state index in [1.807, 2.05) is 30.0 Å². The summed E-state index contributed by atoms with van der Waals surface area (Å²) in [6.45, 7) is 1.48. The lowest BCUT2D eigenvalue weighted by atomic mass is 9.74. The molecule has 3 aliphatic rings. The van der Waals surface area contributed by atoms with Gasteiger partial charge in [0, 0.05) is 31.7 Å². The smallest absolute Gasteiger partial charge is 0.257 e. The van der Waals surface area contributed by atoms with E-state index in [1.54, 1.807) is 23.1 Å². The minimum absolute atomic E-state index is 0.107. The van der Waals surface area contributed by atoms with Crippen LogP contribution in [0.1, 0.15) is 46.8 Å². The van der Waals surface area contributed by atoms with Crippen LogP contribution in [0, 0.1) is 5.82 Å². The molecule has 0 radical (unpaired) electrons. The van der Waals surface area contributed by atoms with Gasteiger partial charge in [-0.2, -0.15) is 0 Å². The van der Waals surface area contributed by atoms with Crippen LogP contribution >= 0.6 is 0 Å². The van der Waals surface area contributed by atoms with E-state index in [2.05, 4.69) is 10.5 Å². The monoisotopic (exact) mass is 507 g/mol. The number of amides is 2. The van der Waals surface area contributed by atoms with E-state index in [9.17, 15) is 18.8 Å². The Bertz CT molecular complexity index is 1250. The van der Waals surface area contributed by atoms with Gasteiger partial charge in [-0.1, -0.05) is 18.2 Å². The molecule has 9 nitrogen and oxygen atoms in total. The molecule has 1 atom stereocenters. The molecule has 2 heterocycles. The molecule has 1 saturated heterocycles. The van der Waals surface area contributed by atoms with Crippen LogP contribution in [0.2, 0.25) is 0 Å². The Kier molecular flexibility index (Phi) is 6.68. The van der Waals surface area contributed by atoms with Gasteiger partial charge >= 0.3 is 0 Å². The van der Waals surface area contributed by atoms with Gasteiger partial charge in [-0.3, -0.25) is 19.9 Å². The highest BCUT2D eigenvalue weighted by atomic mass is 19.1. The summed E-state index contributed by atoms with van der Waals surface area (Å²) in [5.41, 5.74) is 3.55. The van der Waals surface area contributed by atoms with Crippen molar-refractivity contribution in [3.63, 3.8) is 0 Å². The summed E-state index contributed by atoms with van der Waals surface area (Å²) in [6.07, 6.45) is 3.48. The summed E-state index contributed by atoms with van der Waals surface area (Å²) in [7, 11) is 3.87. The van der Waals surface area contributed by atoms with Gasteiger partial charge in [-0.25, -0.2) is 4.39 Å². The van der Waals surface area contributed by atoms with E-state index in [1.165, 1.54) is 18.2 Å². The molecular formula is C27H30FN5O4. The molecular weight excluding hydrogens is 477 g/mol. The molecule has 1 aliphatic carbocycles. The number of aldehydes is 1. The number of carbonyl (C=O) groups is 3. The predicted octanol–water partition coefficient (Wildman–Crippen LogP) is 2.18. The molecule has 37 heavy (non-hydrogen) atoms. The van der Waals surface area contributed by atoms with Crippen molar-refractivity contribution >= 4 is 24.0 Å². The molecule has 2 fully saturated rings. The van der Waals surface area contributed by atoms with Crippen LogP contribution in [0.25, 0.3) is 0 Å². The molecule has 194 valence electrons. The summed E-state index contributed by atoms with van der Waals surface area (Å²) < 4.78 is 20.7. The highest BCUT2D eigenvalue weighted by Crippen LogP contribution is 2.38. The second-order valence-corrected chi connectivity index (χ2v) is 9.85. The van der Waals surface area contributed by atoms with Crippen LogP contribution in [0.4, 0.5) is 4.39 Å². The maximum atomic E-state index is 14.7. The third-order valence-corrected chi connectivity index (χ3v) is 7.64. The van der Waals surface area contributed by atoms with Gasteiger partial charge in [-0.05, 0) is 63.2 Å². The van der Waals surface area contributed by atoms with E-state index in [0.29, 0.717) is 37.3 Å². The number of hydrogen-bond acceptors (Lipinski definition) is 7. The van der Waals surface area contributed by atoms with Gasteiger partial charge in [0.1, 0.15) is 29.4 Å². The first kappa shape index (κ1) is 24.9. The average molecular weight is 508 g/mol. The zero-order valence-electron chi connectivity index (χ0n) is 20.9. The lowest BCUT2D eigenvalue weighted by Crippen LogP contribution is -2.64. The largest absolute Gasteiger partial charge is 0.437 e. The maximum absolute atomic E-state index is 14.7. The Morgan fingerprint density at radius 2 is 1.81 bits per heavy atom. The number of ether oxygens (including phenoxy) is 1. The molecule has 10 heteroatoms. The number of fused-ring (bicyclic) bond motifs is 1. The summed E-state index contributed by atoms with van der Waals surface area (Å²) in [4.78, 5) is 43.2. The van der Waals surface area contributed by atoms with E-state index in [0.717, 1.165) is 25.5 Å². The third kappa shape index (κ3) is 4.46. The number of benzene rings is 2. The van der Waals surface area contributed by atoms with E-state index < -0.39 is 23.3 Å². The highest BCUT2D eigenvalue weighted by molar-refractivity contribution is 5.99. The molecule has 2 aromatic rings. The maximum Gasteiger partial charge on any atom is 0.257 e. The van der Waals surface area contributed by atoms with Crippen molar-refractivity contribution in [3.05, 3.63) is 65.0 Å². The van der Waals surface area contributed by atoms with Gasteiger partial charge in [0.15, 0.2) is 0 Å². The Hall–Kier alpha value is -3.79. The molecule has 0 aromatic heterocycles. The number of nitrogens with zero attached hydrogens (tertiary/aromatic N) is 4. The standard InChI is InChI=1S/C27H30FN5O4/c1-31(2)27(10-5-11-27)26(36)33-14-12-32(13-15-33)25(35)21-16-18(8-9-22(21)28)37-24-20-7-4-3-6-19(20)23(17-34)29-30-24/h3-4,6-9,16-17,23,29H,5,10-15H2,1-2H3. The summed E-state index contributed by atoms with van der Waals surface area (Å²) in [6, 6.07) is 10.6. The zero-order valence-corrected chi connectivity index (χ0v) is 20.9. The molecule has 1 N–H and O–H groups in total. The third-order valence-electron chi connectivity index (χ3n) is 7.64. The summed E-state index contributed by atoms with van der Waals surface area (Å²) >= 11 is 0. The fourth-order valence-electron chi connectivity index (χ4n) is 5.19. The molecule has 1 saturated carbocycles. The van der Waals surface area contributed by atoms with E-state index in [4.69, 9.17) is 4.74 Å². The second kappa shape index (κ2) is 9.93. The van der Waals surface area contributed by atoms with Crippen LogP contribution in [0.15, 0.2) is 47.6 Å². The number of hydrogen-bond donors (Lipinski definition) is 1. The van der Waals surface area contributed by atoms with Gasteiger partial charge in [0.25, 0.3) is 5.91 Å². The quantitative estimate of drug-likeness (QED) is 0.624. The van der Waals surface area contributed by atoms with Crippen molar-refractivity contribution in [3.8, 4) is 5.75 Å². The van der Waals surface area contributed by atoms with Crippen LogP contribution < -0.4 is 10.2 Å². The lowest BCUT2D eigenvalue weighted by molar-refractivity contribution is -0.150. The second-order valence-electron chi connectivity index (χ2n) is 9.85. The van der Waals surface area contributed by atoms with Crippen LogP contribution in [-0.4, -0.2) is 84.5 Å². The summed E-state index contributed by atoms with van der Waals surface area (Å²) in [5, 5.41) is 4.16. The van der Waals surface area contributed by atoms with Crippen LogP contribution in [0.3, 0.4) is 0 Å². The minimum Gasteiger partial charge on any atom is -0.437 e. The molecule has 5 rings (SSSR count). The summed E-state index contributed by atoms with van der Waals surface area (Å²) in [5.74, 6) is -0.530. The zero-order chi connectivity index (χ0) is 26.2. The Morgan fingerprint density at radius 3 is 2.46 bits per heavy atom. The number of halogens is 1. The number of hydrazone groups is 1. The topological polar surface area (TPSA) is 94.6 Å². The number of rotatable bonds is 5. The molecule has 0 bridgehead atoms. The van der Waals surface area contributed by atoms with Gasteiger partial charge < -0.3 is 19.3 Å². The van der Waals surface area contributed by atoms with Gasteiger partial charge in [0.05, 0.1) is 5.56 Å². The van der Waals surface area contributed by atoms with Crippen molar-refractivity contribution in [2.24, 2.45) is 5.10 Å². The minimum atomic E-state index is -0.651. The van der Waals surface area contributed by atoms with Crippen molar-refractivity contribution in [1.82, 2.24) is 20.1 Å². The fourth-order valence-corrected chi connectivity index (χ4v) is 5.19. The SMILES string of the molecule is CN(C)C1(C(=O)N2CCN(C(=O)c3cc(OC4=NNC(C=O)c5ccccc54)ccc3F)CC2)CCC1. The number of nitrogens with one attached hydrogen (secondary N) is 1. The Morgan fingerprint density at radius 1 is 1.11 bits per heavy atom. The molecule has 2 aromatic carbocycles. The number of piperazine rings is 1. The van der Waals surface area contributed by atoms with Crippen molar-refractivity contribution < 1.29 is 23.5 Å². The first-order valence-corrected chi connectivity index (χ1v) is 12.5. The van der Waals surface area contributed by atoms with Crippen molar-refractivity contribution in [2.45, 2.75) is 30.8 Å². The van der Waals surface area contributed by atoms with Crippen LogP contribution in [-0.2, 0) is 9.59 Å². The average Bonchev–Trinajstić information content (AvgIpc) is 2.88. The van der Waals surface area contributed by atoms with Crippen molar-refractivity contribution in [2.75, 3.05) is 40.3 Å². The molecule has 2 amide bonds. The lowest BCUT2D eigenvalue weighted by Gasteiger charge is -2.49. The van der Waals surface area contributed by atoms with E-state index >= 15 is 0 Å². The molecule has 2 aliphatic heterocycles. The Labute approximate surface area is 214 Å². The number of carbonyl (C=O) groups excluding carboxylic acids is 3. The van der Waals surface area contributed by atoms with Gasteiger partial charge in [-0.15, -0.1) is 5.10 Å². The highest BCUT2D eigenvalue weighted by Gasteiger charge is 2.48. The first-order valence-electron chi connectivity index (χ1n) is 12.5. The molecule has 0 spiro atoms. The predicted molar refractivity (Wildman–Crippen MR) is 135 cm³/mol. The van der Waals surface area contributed by atoms with Crippen molar-refractivity contribution in [1.29, 1.82) is 0 Å². The van der Waals surface area contributed by atoms with E-state index in [-0.39, 0.29) is 23.1 Å². The van der Waals surface area contributed by atoms with Gasteiger partial charge in [0.2, 0.25) is 11.8 Å². The van der Waals surface area contributed by atoms with Crippen LogP contribution in [0.5, 0.6) is 5.75 Å². The Balaban J connectivity index is 1.28. The molecule has 1 unspecified atom stereocenters. The fraction of sp³-hybridized carbons (Fsp3) is 0.407. The number of likely N-dealkylation sites (N-methyl/N-ethyl adjacent to an activating group) is 1.